The summed E-state index contributed by atoms with van der Waals surface area (Å²) in [6.07, 6.45) is 3.12. The van der Waals surface area contributed by atoms with Crippen LogP contribution in [0.3, 0.4) is 0 Å². The van der Waals surface area contributed by atoms with Gasteiger partial charge in [0.2, 0.25) is 0 Å². The van der Waals surface area contributed by atoms with Gasteiger partial charge in [0.15, 0.2) is 0 Å². The fourth-order valence-corrected chi connectivity index (χ4v) is 4.42. The first kappa shape index (κ1) is 24.9. The summed E-state index contributed by atoms with van der Waals surface area (Å²) in [6.45, 7) is 14.8. The van der Waals surface area contributed by atoms with Gasteiger partial charge in [-0.3, -0.25) is 0 Å². The van der Waals surface area contributed by atoms with Gasteiger partial charge < -0.3 is 9.47 Å². The van der Waals surface area contributed by atoms with Crippen molar-refractivity contribution in [2.24, 2.45) is 5.41 Å². The van der Waals surface area contributed by atoms with E-state index in [4.69, 9.17) is 9.47 Å². The quantitative estimate of drug-likeness (QED) is 0.312. The van der Waals surface area contributed by atoms with Gasteiger partial charge in [-0.25, -0.2) is 0 Å². The third-order valence-corrected chi connectivity index (χ3v) is 6.70. The molecule has 0 spiro atoms. The first-order chi connectivity index (χ1) is 15.8. The van der Waals surface area contributed by atoms with Crippen LogP contribution in [-0.2, 0) is 12.0 Å². The van der Waals surface area contributed by atoms with E-state index in [9.17, 15) is 0 Å². The highest BCUT2D eigenvalue weighted by molar-refractivity contribution is 5.46. The molecular weight excluding hydrogens is 404 g/mol. The Labute approximate surface area is 201 Å². The van der Waals surface area contributed by atoms with Crippen molar-refractivity contribution in [3.8, 4) is 11.5 Å². The highest BCUT2D eigenvalue weighted by atomic mass is 16.5. The second kappa shape index (κ2) is 10.9. The largest absolute Gasteiger partial charge is 0.493 e. The molecule has 2 heteroatoms. The summed E-state index contributed by atoms with van der Waals surface area (Å²) >= 11 is 0. The molecule has 0 unspecified atom stereocenters. The van der Waals surface area contributed by atoms with Gasteiger partial charge in [0.1, 0.15) is 18.1 Å². The van der Waals surface area contributed by atoms with Crippen molar-refractivity contribution in [3.05, 3.63) is 95.1 Å². The highest BCUT2D eigenvalue weighted by Gasteiger charge is 2.31. The molecule has 0 amide bonds. The van der Waals surface area contributed by atoms with E-state index in [0.717, 1.165) is 37.4 Å². The Hall–Kier alpha value is -2.74. The molecule has 0 aromatic heterocycles. The zero-order valence-corrected chi connectivity index (χ0v) is 21.3. The van der Waals surface area contributed by atoms with Crippen LogP contribution >= 0.6 is 0 Å². The third kappa shape index (κ3) is 6.41. The van der Waals surface area contributed by atoms with E-state index in [1.54, 1.807) is 0 Å². The minimum Gasteiger partial charge on any atom is -0.493 e. The van der Waals surface area contributed by atoms with Crippen molar-refractivity contribution in [2.75, 3.05) is 6.61 Å². The lowest BCUT2D eigenvalue weighted by molar-refractivity contribution is 0.242. The molecule has 0 fully saturated rings. The summed E-state index contributed by atoms with van der Waals surface area (Å²) in [7, 11) is 0. The fourth-order valence-electron chi connectivity index (χ4n) is 4.42. The lowest BCUT2D eigenvalue weighted by Gasteiger charge is -2.34. The Morgan fingerprint density at radius 1 is 0.727 bits per heavy atom. The maximum Gasteiger partial charge on any atom is 0.122 e. The number of aryl methyl sites for hydroxylation is 1. The van der Waals surface area contributed by atoms with E-state index in [1.807, 2.05) is 18.2 Å². The summed E-state index contributed by atoms with van der Waals surface area (Å²) in [5.74, 6) is 1.90. The molecule has 3 aromatic rings. The second-order valence-electron chi connectivity index (χ2n) is 10.2. The van der Waals surface area contributed by atoms with E-state index >= 15 is 0 Å². The topological polar surface area (TPSA) is 18.5 Å². The molecule has 0 bridgehead atoms. The standard InChI is InChI=1S/C31H40O2/c1-7-31(8-2,27-16-19-29(24(3)22-27)32-21-20-30(4,5)6)26-14-17-28(18-15-26)33-23-25-12-10-9-11-13-25/h9-19,22H,7-8,20-21,23H2,1-6H3. The first-order valence-corrected chi connectivity index (χ1v) is 12.3. The SMILES string of the molecule is CCC(CC)(c1ccc(OCc2ccccc2)cc1)c1ccc(OCCC(C)(C)C)c(C)c1. The van der Waals surface area contributed by atoms with Gasteiger partial charge in [-0.1, -0.05) is 89.2 Å². The van der Waals surface area contributed by atoms with Crippen molar-refractivity contribution in [1.29, 1.82) is 0 Å². The minimum absolute atomic E-state index is 0.0212. The lowest BCUT2D eigenvalue weighted by Crippen LogP contribution is -2.26. The number of ether oxygens (including phenoxy) is 2. The van der Waals surface area contributed by atoms with Crippen LogP contribution in [0.25, 0.3) is 0 Å². The number of benzene rings is 3. The molecule has 0 heterocycles. The molecule has 0 saturated carbocycles. The predicted molar refractivity (Wildman–Crippen MR) is 139 cm³/mol. The van der Waals surface area contributed by atoms with Gasteiger partial charge in [-0.15, -0.1) is 0 Å². The smallest absolute Gasteiger partial charge is 0.122 e. The fraction of sp³-hybridized carbons (Fsp3) is 0.419. The molecule has 3 aromatic carbocycles. The maximum absolute atomic E-state index is 6.12. The summed E-state index contributed by atoms with van der Waals surface area (Å²) in [5, 5.41) is 0. The monoisotopic (exact) mass is 444 g/mol. The van der Waals surface area contributed by atoms with Gasteiger partial charge in [0.05, 0.1) is 6.61 Å². The summed E-state index contributed by atoms with van der Waals surface area (Å²) < 4.78 is 12.1. The van der Waals surface area contributed by atoms with Crippen molar-refractivity contribution < 1.29 is 9.47 Å². The second-order valence-corrected chi connectivity index (χ2v) is 10.2. The van der Waals surface area contributed by atoms with Gasteiger partial charge in [0, 0.05) is 5.41 Å². The maximum atomic E-state index is 6.12. The zero-order valence-electron chi connectivity index (χ0n) is 21.3. The zero-order chi connectivity index (χ0) is 23.9. The number of hydrogen-bond acceptors (Lipinski definition) is 2. The summed E-state index contributed by atoms with van der Waals surface area (Å²) in [6, 6.07) is 25.7. The summed E-state index contributed by atoms with van der Waals surface area (Å²) in [5.41, 5.74) is 5.33. The van der Waals surface area contributed by atoms with E-state index in [-0.39, 0.29) is 10.8 Å². The van der Waals surface area contributed by atoms with Crippen LogP contribution in [0.4, 0.5) is 0 Å². The Bertz CT molecular complexity index is 993. The van der Waals surface area contributed by atoms with Crippen molar-refractivity contribution in [3.63, 3.8) is 0 Å². The molecule has 3 rings (SSSR count). The molecule has 0 atom stereocenters. The van der Waals surface area contributed by atoms with Crippen LogP contribution in [-0.4, -0.2) is 6.61 Å². The number of hydrogen-bond donors (Lipinski definition) is 0. The lowest BCUT2D eigenvalue weighted by atomic mass is 9.70. The molecule has 0 aliphatic rings. The van der Waals surface area contributed by atoms with E-state index < -0.39 is 0 Å². The number of rotatable bonds is 10. The molecule has 0 aliphatic heterocycles. The van der Waals surface area contributed by atoms with Crippen molar-refractivity contribution in [2.45, 2.75) is 72.8 Å². The van der Waals surface area contributed by atoms with Crippen LogP contribution in [0, 0.1) is 12.3 Å². The molecule has 0 aliphatic carbocycles. The van der Waals surface area contributed by atoms with Gasteiger partial charge >= 0.3 is 0 Å². The van der Waals surface area contributed by atoms with Gasteiger partial charge in [-0.2, -0.15) is 0 Å². The van der Waals surface area contributed by atoms with Gasteiger partial charge in [-0.05, 0) is 72.1 Å². The highest BCUT2D eigenvalue weighted by Crippen LogP contribution is 2.41. The Morgan fingerprint density at radius 3 is 1.94 bits per heavy atom. The van der Waals surface area contributed by atoms with Gasteiger partial charge in [0.25, 0.3) is 0 Å². The average Bonchev–Trinajstić information content (AvgIpc) is 2.81. The molecule has 0 N–H and O–H groups in total. The normalized spacial score (nSPS) is 11.9. The van der Waals surface area contributed by atoms with Crippen LogP contribution < -0.4 is 9.47 Å². The minimum atomic E-state index is -0.0212. The third-order valence-electron chi connectivity index (χ3n) is 6.70. The molecule has 2 nitrogen and oxygen atoms in total. The Morgan fingerprint density at radius 2 is 1.36 bits per heavy atom. The van der Waals surface area contributed by atoms with Crippen molar-refractivity contribution >= 4 is 0 Å². The van der Waals surface area contributed by atoms with Crippen LogP contribution in [0.1, 0.15) is 76.1 Å². The Kier molecular flexibility index (Phi) is 8.24. The molecular formula is C31H40O2. The molecule has 0 radical (unpaired) electrons. The van der Waals surface area contributed by atoms with E-state index in [1.165, 1.54) is 22.3 Å². The molecule has 176 valence electrons. The van der Waals surface area contributed by atoms with E-state index in [2.05, 4.69) is 96.1 Å². The average molecular weight is 445 g/mol. The van der Waals surface area contributed by atoms with E-state index in [0.29, 0.717) is 6.61 Å². The molecule has 33 heavy (non-hydrogen) atoms. The Balaban J connectivity index is 1.76. The summed E-state index contributed by atoms with van der Waals surface area (Å²) in [4.78, 5) is 0. The molecule has 0 saturated heterocycles. The predicted octanol–water partition coefficient (Wildman–Crippen LogP) is 8.50. The van der Waals surface area contributed by atoms with Crippen LogP contribution in [0.2, 0.25) is 0 Å². The van der Waals surface area contributed by atoms with Crippen LogP contribution in [0.5, 0.6) is 11.5 Å². The first-order valence-electron chi connectivity index (χ1n) is 12.3. The van der Waals surface area contributed by atoms with Crippen LogP contribution in [0.15, 0.2) is 72.8 Å². The van der Waals surface area contributed by atoms with Crippen molar-refractivity contribution in [1.82, 2.24) is 0 Å².